The summed E-state index contributed by atoms with van der Waals surface area (Å²) in [6, 6.07) is 10.5. The van der Waals surface area contributed by atoms with Crippen LogP contribution in [-0.4, -0.2) is 54.8 Å². The number of rotatable bonds is 7. The van der Waals surface area contributed by atoms with Crippen LogP contribution in [0.1, 0.15) is 74.1 Å². The third-order valence-corrected chi connectivity index (χ3v) is 10.9. The van der Waals surface area contributed by atoms with Gasteiger partial charge in [0.25, 0.3) is 0 Å². The smallest absolute Gasteiger partial charge is 0.416 e. The van der Waals surface area contributed by atoms with Crippen LogP contribution in [0.25, 0.3) is 0 Å². The van der Waals surface area contributed by atoms with Crippen LogP contribution >= 0.6 is 0 Å². The van der Waals surface area contributed by atoms with E-state index in [1.165, 1.54) is 41.6 Å². The molecule has 6 rings (SSSR count). The van der Waals surface area contributed by atoms with Crippen molar-refractivity contribution in [2.45, 2.75) is 93.2 Å². The first kappa shape index (κ1) is 27.5. The maximum absolute atomic E-state index is 13.3. The molecule has 2 atom stereocenters. The first-order valence-electron chi connectivity index (χ1n) is 14.1. The first-order valence-corrected chi connectivity index (χ1v) is 15.5. The Morgan fingerprint density at radius 2 is 1.75 bits per heavy atom. The average Bonchev–Trinajstić information content (AvgIpc) is 3.65. The van der Waals surface area contributed by atoms with E-state index in [0.717, 1.165) is 30.0 Å². The molecule has 1 amide bonds. The summed E-state index contributed by atoms with van der Waals surface area (Å²) >= 11 is 0. The molecule has 0 spiro atoms. The summed E-state index contributed by atoms with van der Waals surface area (Å²) in [5, 5.41) is 3.06. The fourth-order valence-corrected chi connectivity index (χ4v) is 8.68. The van der Waals surface area contributed by atoms with Crippen molar-refractivity contribution in [2.75, 3.05) is 13.2 Å². The zero-order valence-corrected chi connectivity index (χ0v) is 23.0. The fourth-order valence-electron chi connectivity index (χ4n) is 6.94. The molecule has 3 saturated heterocycles. The van der Waals surface area contributed by atoms with Crippen molar-refractivity contribution in [3.8, 4) is 5.75 Å². The van der Waals surface area contributed by atoms with E-state index in [4.69, 9.17) is 4.74 Å². The largest absolute Gasteiger partial charge is 0.493 e. The van der Waals surface area contributed by atoms with Gasteiger partial charge in [-0.25, -0.2) is 8.42 Å². The van der Waals surface area contributed by atoms with Crippen molar-refractivity contribution in [3.05, 3.63) is 59.2 Å². The first-order chi connectivity index (χ1) is 19.1. The number of carbonyl (C=O) groups is 1. The normalized spacial score (nSPS) is 27.0. The molecule has 4 aliphatic rings. The van der Waals surface area contributed by atoms with Crippen molar-refractivity contribution in [2.24, 2.45) is 0 Å². The highest BCUT2D eigenvalue weighted by Gasteiger charge is 2.40. The minimum absolute atomic E-state index is 0.0549. The maximum Gasteiger partial charge on any atom is 0.416 e. The lowest BCUT2D eigenvalue weighted by molar-refractivity contribution is -0.137. The number of alkyl halides is 3. The lowest BCUT2D eigenvalue weighted by atomic mass is 9.98. The van der Waals surface area contributed by atoms with Crippen molar-refractivity contribution in [1.82, 2.24) is 14.5 Å². The quantitative estimate of drug-likeness (QED) is 0.500. The summed E-state index contributed by atoms with van der Waals surface area (Å²) in [6.45, 7) is 1.54. The Hall–Kier alpha value is -2.63. The van der Waals surface area contributed by atoms with Crippen LogP contribution in [0.3, 0.4) is 0 Å². The summed E-state index contributed by atoms with van der Waals surface area (Å²) in [7, 11) is -4.19. The third kappa shape index (κ3) is 5.35. The van der Waals surface area contributed by atoms with Gasteiger partial charge in [0, 0.05) is 49.6 Å². The Morgan fingerprint density at radius 1 is 1.00 bits per heavy atom. The highest BCUT2D eigenvalue weighted by Crippen LogP contribution is 2.40. The number of ether oxygens (including phenoxy) is 1. The Bertz CT molecular complexity index is 1360. The van der Waals surface area contributed by atoms with E-state index >= 15 is 0 Å². The number of carbonyl (C=O) groups excluding carboxylic acids is 1. The summed E-state index contributed by atoms with van der Waals surface area (Å²) in [5.74, 6) is 0.488. The van der Waals surface area contributed by atoms with Crippen LogP contribution in [0, 0.1) is 0 Å². The molecule has 40 heavy (non-hydrogen) atoms. The Kier molecular flexibility index (Phi) is 7.33. The number of benzene rings is 2. The van der Waals surface area contributed by atoms with Gasteiger partial charge in [0.05, 0.1) is 23.1 Å². The number of fused-ring (bicyclic) bond motifs is 3. The van der Waals surface area contributed by atoms with Gasteiger partial charge in [0.15, 0.2) is 0 Å². The second kappa shape index (κ2) is 10.6. The van der Waals surface area contributed by atoms with Gasteiger partial charge in [-0.15, -0.1) is 0 Å². The van der Waals surface area contributed by atoms with E-state index in [9.17, 15) is 26.4 Å². The molecule has 4 heterocycles. The molecule has 4 aliphatic heterocycles. The zero-order valence-electron chi connectivity index (χ0n) is 22.2. The Balaban J connectivity index is 1.11. The number of halogens is 3. The molecule has 1 N–H and O–H groups in total. The highest BCUT2D eigenvalue weighted by atomic mass is 32.2. The minimum Gasteiger partial charge on any atom is -0.493 e. The van der Waals surface area contributed by atoms with Gasteiger partial charge in [-0.2, -0.15) is 17.5 Å². The lowest BCUT2D eigenvalue weighted by Crippen LogP contribution is -2.40. The van der Waals surface area contributed by atoms with E-state index in [-0.39, 0.29) is 24.9 Å². The van der Waals surface area contributed by atoms with E-state index < -0.39 is 32.7 Å². The predicted octanol–water partition coefficient (Wildman–Crippen LogP) is 5.02. The molecule has 2 aromatic rings. The summed E-state index contributed by atoms with van der Waals surface area (Å²) in [4.78, 5) is 15.3. The number of sulfonamides is 1. The van der Waals surface area contributed by atoms with E-state index in [2.05, 4.69) is 22.3 Å². The van der Waals surface area contributed by atoms with Gasteiger partial charge in [-0.3, -0.25) is 9.69 Å². The lowest BCUT2D eigenvalue weighted by Gasteiger charge is -2.29. The van der Waals surface area contributed by atoms with Crippen molar-refractivity contribution < 1.29 is 31.1 Å². The molecule has 0 aromatic heterocycles. The van der Waals surface area contributed by atoms with Crippen LogP contribution in [-0.2, 0) is 27.5 Å². The monoisotopic (exact) mass is 577 g/mol. The summed E-state index contributed by atoms with van der Waals surface area (Å²) in [5.41, 5.74) is 1.09. The van der Waals surface area contributed by atoms with Gasteiger partial charge in [0.2, 0.25) is 15.9 Å². The zero-order chi connectivity index (χ0) is 28.1. The molecule has 3 fully saturated rings. The van der Waals surface area contributed by atoms with Crippen LogP contribution in [0.2, 0.25) is 0 Å². The summed E-state index contributed by atoms with van der Waals surface area (Å²) in [6.07, 6.45) is 2.02. The third-order valence-electron chi connectivity index (χ3n) is 8.93. The number of hydrogen-bond acceptors (Lipinski definition) is 5. The van der Waals surface area contributed by atoms with Gasteiger partial charge in [-0.05, 0) is 68.4 Å². The number of amides is 1. The molecule has 0 unspecified atom stereocenters. The second-order valence-corrected chi connectivity index (χ2v) is 13.3. The predicted molar refractivity (Wildman–Crippen MR) is 142 cm³/mol. The highest BCUT2D eigenvalue weighted by molar-refractivity contribution is 7.89. The topological polar surface area (TPSA) is 79.0 Å². The van der Waals surface area contributed by atoms with E-state index in [0.29, 0.717) is 44.0 Å². The van der Waals surface area contributed by atoms with E-state index in [1.54, 1.807) is 0 Å². The molecular formula is C29H34F3N3O4S. The van der Waals surface area contributed by atoms with Crippen LogP contribution in [0.15, 0.2) is 47.4 Å². The van der Waals surface area contributed by atoms with Crippen molar-refractivity contribution in [3.63, 3.8) is 0 Å². The molecule has 216 valence electrons. The Morgan fingerprint density at radius 3 is 2.48 bits per heavy atom. The van der Waals surface area contributed by atoms with Gasteiger partial charge in [0.1, 0.15) is 5.75 Å². The van der Waals surface area contributed by atoms with Crippen LogP contribution in [0.4, 0.5) is 13.2 Å². The molecule has 2 bridgehead atoms. The average molecular weight is 578 g/mol. The molecule has 0 radical (unpaired) electrons. The standard InChI is InChI=1S/C29H34F3N3O4S/c30-29(31,32)20-3-1-5-24(16-20)40(37,38)35-13-2-4-23(35)17-28(36)33-26-12-14-39-27-15-19(6-11-25(26)27)18-34-21-7-8-22(34)10-9-21/h1,3,5-6,11,15-16,21-23,26H,2,4,7-10,12-14,17-18H2,(H,33,36)/t21?,22?,23-,26+/m0/s1. The molecule has 11 heteroatoms. The van der Waals surface area contributed by atoms with Crippen LogP contribution in [0.5, 0.6) is 5.75 Å². The molecule has 0 aliphatic carbocycles. The number of nitrogens with zero attached hydrogens (tertiary/aromatic N) is 2. The van der Waals surface area contributed by atoms with Crippen molar-refractivity contribution in [1.29, 1.82) is 0 Å². The molecule has 0 saturated carbocycles. The SMILES string of the molecule is O=C(C[C@@H]1CCCN1S(=O)(=O)c1cccc(C(F)(F)F)c1)N[C@@H]1CCOc2cc(CN3C4CCC3CC4)ccc21. The maximum atomic E-state index is 13.3. The fraction of sp³-hybridized carbons (Fsp3) is 0.552. The van der Waals surface area contributed by atoms with Gasteiger partial charge < -0.3 is 10.1 Å². The molecular weight excluding hydrogens is 543 g/mol. The number of nitrogens with one attached hydrogen (secondary N) is 1. The molecule has 2 aromatic carbocycles. The van der Waals surface area contributed by atoms with Crippen molar-refractivity contribution >= 4 is 15.9 Å². The van der Waals surface area contributed by atoms with Crippen LogP contribution < -0.4 is 10.1 Å². The molecule has 7 nitrogen and oxygen atoms in total. The number of hydrogen-bond donors (Lipinski definition) is 1. The summed E-state index contributed by atoms with van der Waals surface area (Å²) < 4.78 is 73.2. The second-order valence-electron chi connectivity index (χ2n) is 11.4. The minimum atomic E-state index is -4.65. The Labute approximate surface area is 232 Å². The van der Waals surface area contributed by atoms with Gasteiger partial charge in [-0.1, -0.05) is 18.2 Å². The van der Waals surface area contributed by atoms with E-state index in [1.807, 2.05) is 6.07 Å². The van der Waals surface area contributed by atoms with Gasteiger partial charge >= 0.3 is 6.18 Å².